The van der Waals surface area contributed by atoms with Crippen LogP contribution in [0.2, 0.25) is 0 Å². The normalized spacial score (nSPS) is 12.9. The molecule has 0 fully saturated rings. The number of fused-ring (bicyclic) bond motifs is 1. The second kappa shape index (κ2) is 10.6. The summed E-state index contributed by atoms with van der Waals surface area (Å²) in [7, 11) is 0. The van der Waals surface area contributed by atoms with Gasteiger partial charge in [0.15, 0.2) is 5.82 Å². The first-order valence-corrected chi connectivity index (χ1v) is 10.1. The number of aromatic amines is 1. The summed E-state index contributed by atoms with van der Waals surface area (Å²) >= 11 is 0. The second-order valence-electron chi connectivity index (χ2n) is 6.68. The van der Waals surface area contributed by atoms with Gasteiger partial charge in [0.1, 0.15) is 5.82 Å². The molecule has 3 rings (SSSR count). The number of hydrogen-bond acceptors (Lipinski definition) is 4. The van der Waals surface area contributed by atoms with E-state index in [0.29, 0.717) is 22.7 Å². The first-order chi connectivity index (χ1) is 15.6. The average Bonchev–Trinajstić information content (AvgIpc) is 3.22. The lowest BCUT2D eigenvalue weighted by molar-refractivity contribution is 0.254. The molecule has 0 bridgehead atoms. The topological polar surface area (TPSA) is 94.7 Å². The van der Waals surface area contributed by atoms with E-state index in [2.05, 4.69) is 39.3 Å². The van der Waals surface area contributed by atoms with Crippen molar-refractivity contribution in [3.8, 4) is 0 Å². The standard InChI is InChI=1S/C25H26N6O/c1-5-9-14-17(7-3)27-25(32)29-24-21-22(30-31-24)19(13-6-2)20(8-4)28-23(21)26-18-15-11-10-12-16-18/h5-16H,1-2H2,3-4H3,(H,26,28)(H3,27,29,30,31,32)/b14-9-,17-7+,19-13+,20-8+. The van der Waals surface area contributed by atoms with E-state index in [9.17, 15) is 4.79 Å². The highest BCUT2D eigenvalue weighted by Crippen LogP contribution is 2.26. The lowest BCUT2D eigenvalue weighted by Gasteiger charge is -2.10. The summed E-state index contributed by atoms with van der Waals surface area (Å²) < 4.78 is 0. The molecule has 0 radical (unpaired) electrons. The Labute approximate surface area is 186 Å². The summed E-state index contributed by atoms with van der Waals surface area (Å²) in [5.74, 6) is 0.926. The van der Waals surface area contributed by atoms with Crippen molar-refractivity contribution in [3.05, 3.63) is 90.1 Å². The minimum absolute atomic E-state index is 0.355. The molecule has 0 saturated carbocycles. The SMILES string of the molecule is C=C/C=C\C(=C/C)NC(=O)Nc1n[nH]c2c(=C/C=C)/c(=C\C)nc(Nc3ccccc3)c12. The molecule has 0 unspecified atom stereocenters. The molecule has 0 saturated heterocycles. The minimum Gasteiger partial charge on any atom is -0.340 e. The number of benzene rings is 1. The maximum atomic E-state index is 12.6. The summed E-state index contributed by atoms with van der Waals surface area (Å²) in [6.07, 6.45) is 12.4. The van der Waals surface area contributed by atoms with Gasteiger partial charge < -0.3 is 10.6 Å². The molecule has 2 heterocycles. The molecule has 3 aromatic rings. The molecule has 0 aliphatic heterocycles. The van der Waals surface area contributed by atoms with Crippen molar-refractivity contribution in [3.63, 3.8) is 0 Å². The third-order valence-electron chi connectivity index (χ3n) is 4.59. The number of amides is 2. The Kier molecular flexibility index (Phi) is 7.37. The smallest absolute Gasteiger partial charge is 0.324 e. The molecule has 4 N–H and O–H groups in total. The van der Waals surface area contributed by atoms with E-state index in [0.717, 1.165) is 21.8 Å². The van der Waals surface area contributed by atoms with E-state index in [1.165, 1.54) is 0 Å². The van der Waals surface area contributed by atoms with Gasteiger partial charge in [-0.2, -0.15) is 5.10 Å². The summed E-state index contributed by atoms with van der Waals surface area (Å²) in [4.78, 5) is 17.4. The fourth-order valence-electron chi connectivity index (χ4n) is 3.13. The number of aromatic nitrogens is 3. The highest BCUT2D eigenvalue weighted by molar-refractivity contribution is 6.05. The largest absolute Gasteiger partial charge is 0.340 e. The van der Waals surface area contributed by atoms with Crippen LogP contribution in [-0.4, -0.2) is 21.2 Å². The van der Waals surface area contributed by atoms with Gasteiger partial charge in [0.25, 0.3) is 0 Å². The van der Waals surface area contributed by atoms with Gasteiger partial charge in [-0.3, -0.25) is 10.4 Å². The maximum Gasteiger partial charge on any atom is 0.324 e. The zero-order valence-electron chi connectivity index (χ0n) is 18.1. The van der Waals surface area contributed by atoms with E-state index < -0.39 is 6.03 Å². The van der Waals surface area contributed by atoms with Gasteiger partial charge in [0.05, 0.1) is 16.3 Å². The number of anilines is 3. The third kappa shape index (κ3) is 5.02. The number of nitrogens with zero attached hydrogens (tertiary/aromatic N) is 2. The maximum absolute atomic E-state index is 12.6. The van der Waals surface area contributed by atoms with Crippen LogP contribution in [-0.2, 0) is 0 Å². The Morgan fingerprint density at radius 1 is 1.09 bits per heavy atom. The van der Waals surface area contributed by atoms with Crippen LogP contribution in [0.1, 0.15) is 13.8 Å². The highest BCUT2D eigenvalue weighted by Gasteiger charge is 2.16. The van der Waals surface area contributed by atoms with E-state index >= 15 is 0 Å². The number of carbonyl (C=O) groups excluding carboxylic acids is 1. The Hall–Kier alpha value is -4.39. The van der Waals surface area contributed by atoms with Gasteiger partial charge in [-0.15, -0.1) is 0 Å². The van der Waals surface area contributed by atoms with Gasteiger partial charge in [0.2, 0.25) is 0 Å². The van der Waals surface area contributed by atoms with E-state index in [1.807, 2.05) is 56.3 Å². The number of urea groups is 1. The van der Waals surface area contributed by atoms with E-state index in [4.69, 9.17) is 4.98 Å². The van der Waals surface area contributed by atoms with Gasteiger partial charge in [-0.1, -0.05) is 67.8 Å². The molecule has 7 heteroatoms. The molecule has 1 aromatic carbocycles. The average molecular weight is 427 g/mol. The first kappa shape index (κ1) is 22.3. The predicted molar refractivity (Wildman–Crippen MR) is 133 cm³/mol. The first-order valence-electron chi connectivity index (χ1n) is 10.1. The van der Waals surface area contributed by atoms with Crippen LogP contribution in [0.4, 0.5) is 22.1 Å². The lowest BCUT2D eigenvalue weighted by Crippen LogP contribution is -2.30. The number of para-hydroxylation sites is 1. The van der Waals surface area contributed by atoms with Crippen molar-refractivity contribution >= 4 is 46.4 Å². The molecule has 162 valence electrons. The Balaban J connectivity index is 2.09. The summed E-state index contributed by atoms with van der Waals surface area (Å²) in [6, 6.07) is 9.27. The number of hydrogen-bond donors (Lipinski definition) is 4. The van der Waals surface area contributed by atoms with Crippen LogP contribution >= 0.6 is 0 Å². The van der Waals surface area contributed by atoms with Gasteiger partial charge in [-0.05, 0) is 32.1 Å². The summed E-state index contributed by atoms with van der Waals surface area (Å²) in [6.45, 7) is 11.2. The number of nitrogens with one attached hydrogen (secondary N) is 4. The second-order valence-corrected chi connectivity index (χ2v) is 6.68. The lowest BCUT2D eigenvalue weighted by atomic mass is 10.2. The van der Waals surface area contributed by atoms with Crippen molar-refractivity contribution in [2.45, 2.75) is 13.8 Å². The fraction of sp³-hybridized carbons (Fsp3) is 0.0800. The fourth-order valence-corrected chi connectivity index (χ4v) is 3.13. The Morgan fingerprint density at radius 2 is 1.88 bits per heavy atom. The predicted octanol–water partition coefficient (Wildman–Crippen LogP) is 4.24. The Bertz CT molecular complexity index is 1320. The van der Waals surface area contributed by atoms with Crippen LogP contribution in [0.15, 0.2) is 79.6 Å². The van der Waals surface area contributed by atoms with Crippen LogP contribution < -0.4 is 26.5 Å². The molecule has 0 aliphatic rings. The van der Waals surface area contributed by atoms with Crippen LogP contribution in [0.5, 0.6) is 0 Å². The number of carbonyl (C=O) groups is 1. The molecular formula is C25H26N6O. The quantitative estimate of drug-likeness (QED) is 0.425. The van der Waals surface area contributed by atoms with Gasteiger partial charge in [0, 0.05) is 16.6 Å². The van der Waals surface area contributed by atoms with E-state index in [-0.39, 0.29) is 0 Å². The van der Waals surface area contributed by atoms with Crippen LogP contribution in [0.25, 0.3) is 23.1 Å². The summed E-state index contributed by atoms with van der Waals surface area (Å²) in [5, 5.41) is 18.6. The van der Waals surface area contributed by atoms with Crippen LogP contribution in [0.3, 0.4) is 0 Å². The van der Waals surface area contributed by atoms with Crippen molar-refractivity contribution in [1.29, 1.82) is 0 Å². The molecule has 32 heavy (non-hydrogen) atoms. The zero-order chi connectivity index (χ0) is 22.9. The molecule has 0 atom stereocenters. The number of rotatable bonds is 7. The molecular weight excluding hydrogens is 400 g/mol. The van der Waals surface area contributed by atoms with Crippen molar-refractivity contribution in [1.82, 2.24) is 20.5 Å². The van der Waals surface area contributed by atoms with Crippen LogP contribution in [0, 0.1) is 0 Å². The van der Waals surface area contributed by atoms with Crippen molar-refractivity contribution < 1.29 is 4.79 Å². The number of allylic oxidation sites excluding steroid dienone is 5. The minimum atomic E-state index is -0.425. The molecule has 0 spiro atoms. The monoisotopic (exact) mass is 426 g/mol. The highest BCUT2D eigenvalue weighted by atomic mass is 16.2. The Morgan fingerprint density at radius 3 is 2.53 bits per heavy atom. The molecule has 2 amide bonds. The molecule has 0 aliphatic carbocycles. The van der Waals surface area contributed by atoms with Crippen molar-refractivity contribution in [2.75, 3.05) is 10.6 Å². The molecule has 7 nitrogen and oxygen atoms in total. The zero-order valence-corrected chi connectivity index (χ0v) is 18.1. The van der Waals surface area contributed by atoms with Gasteiger partial charge in [-0.25, -0.2) is 9.78 Å². The van der Waals surface area contributed by atoms with E-state index in [1.54, 1.807) is 30.4 Å². The van der Waals surface area contributed by atoms with Gasteiger partial charge >= 0.3 is 6.03 Å². The summed E-state index contributed by atoms with van der Waals surface area (Å²) in [5.41, 5.74) is 2.23. The third-order valence-corrected chi connectivity index (χ3v) is 4.59. The molecule has 2 aromatic heterocycles. The van der Waals surface area contributed by atoms with Crippen molar-refractivity contribution in [2.24, 2.45) is 0 Å². The number of pyridine rings is 1. The number of H-pyrrole nitrogens is 1.